The van der Waals surface area contributed by atoms with E-state index in [-0.39, 0.29) is 0 Å². The molecule has 20 heavy (non-hydrogen) atoms. The Balaban J connectivity index is 2.05. The number of nitrogens with zero attached hydrogens (tertiary/aromatic N) is 4. The average Bonchev–Trinajstić information content (AvgIpc) is 2.84. The van der Waals surface area contributed by atoms with Crippen LogP contribution in [0.2, 0.25) is 0 Å². The molecule has 108 valence electrons. The van der Waals surface area contributed by atoms with Crippen LogP contribution in [0.5, 0.6) is 0 Å². The van der Waals surface area contributed by atoms with Crippen LogP contribution in [0, 0.1) is 5.92 Å². The standard InChI is InChI=1S/C14H20BrN5/c1-3-16-10-11(9-14-17-19-20(2)18-14)8-12-6-4-5-7-13(12)15/h4-7,11,16H,3,8-10H2,1-2H3. The number of halogens is 1. The minimum atomic E-state index is 0.456. The van der Waals surface area contributed by atoms with Crippen LogP contribution in [0.3, 0.4) is 0 Å². The fourth-order valence-corrected chi connectivity index (χ4v) is 2.65. The van der Waals surface area contributed by atoms with Gasteiger partial charge in [-0.1, -0.05) is 41.1 Å². The zero-order valence-corrected chi connectivity index (χ0v) is 13.5. The molecule has 0 aliphatic rings. The van der Waals surface area contributed by atoms with Gasteiger partial charge in [0, 0.05) is 10.9 Å². The van der Waals surface area contributed by atoms with E-state index in [9.17, 15) is 0 Å². The molecule has 0 bridgehead atoms. The number of tetrazole rings is 1. The summed E-state index contributed by atoms with van der Waals surface area (Å²) in [6.45, 7) is 4.05. The molecule has 0 saturated heterocycles. The van der Waals surface area contributed by atoms with Crippen LogP contribution in [-0.4, -0.2) is 33.3 Å². The van der Waals surface area contributed by atoms with Crippen LogP contribution < -0.4 is 5.32 Å². The molecule has 0 radical (unpaired) electrons. The highest BCUT2D eigenvalue weighted by molar-refractivity contribution is 9.10. The number of hydrogen-bond acceptors (Lipinski definition) is 4. The Morgan fingerprint density at radius 1 is 1.30 bits per heavy atom. The van der Waals surface area contributed by atoms with E-state index in [0.717, 1.165) is 36.2 Å². The number of nitrogens with one attached hydrogen (secondary N) is 1. The van der Waals surface area contributed by atoms with Gasteiger partial charge in [-0.15, -0.1) is 10.2 Å². The highest BCUT2D eigenvalue weighted by Gasteiger charge is 2.15. The molecule has 1 aromatic carbocycles. The van der Waals surface area contributed by atoms with Gasteiger partial charge in [0.25, 0.3) is 0 Å². The Bertz CT molecular complexity index is 540. The van der Waals surface area contributed by atoms with E-state index >= 15 is 0 Å². The Morgan fingerprint density at radius 3 is 2.75 bits per heavy atom. The topological polar surface area (TPSA) is 55.6 Å². The van der Waals surface area contributed by atoms with Gasteiger partial charge < -0.3 is 5.32 Å². The first-order valence-corrected chi connectivity index (χ1v) is 7.65. The van der Waals surface area contributed by atoms with Crippen molar-refractivity contribution in [2.24, 2.45) is 13.0 Å². The second-order valence-electron chi connectivity index (χ2n) is 4.87. The van der Waals surface area contributed by atoms with Crippen LogP contribution in [0.1, 0.15) is 18.3 Å². The van der Waals surface area contributed by atoms with E-state index in [1.54, 1.807) is 7.05 Å². The maximum Gasteiger partial charge on any atom is 0.175 e. The van der Waals surface area contributed by atoms with Crippen molar-refractivity contribution < 1.29 is 0 Å². The van der Waals surface area contributed by atoms with Gasteiger partial charge in [-0.25, -0.2) is 0 Å². The quantitative estimate of drug-likeness (QED) is 0.839. The Morgan fingerprint density at radius 2 is 2.10 bits per heavy atom. The van der Waals surface area contributed by atoms with E-state index in [1.807, 2.05) is 6.07 Å². The molecule has 0 spiro atoms. The largest absolute Gasteiger partial charge is 0.317 e. The van der Waals surface area contributed by atoms with Gasteiger partial charge in [-0.05, 0) is 42.3 Å². The summed E-state index contributed by atoms with van der Waals surface area (Å²) in [6.07, 6.45) is 1.83. The van der Waals surface area contributed by atoms with Crippen molar-refractivity contribution in [3.63, 3.8) is 0 Å². The second-order valence-corrected chi connectivity index (χ2v) is 5.72. The average molecular weight is 338 g/mol. The third-order valence-electron chi connectivity index (χ3n) is 3.17. The van der Waals surface area contributed by atoms with Gasteiger partial charge in [0.2, 0.25) is 0 Å². The number of aryl methyl sites for hydroxylation is 1. The predicted octanol–water partition coefficient (Wildman–Crippen LogP) is 1.98. The lowest BCUT2D eigenvalue weighted by Gasteiger charge is -2.16. The van der Waals surface area contributed by atoms with Crippen LogP contribution in [0.25, 0.3) is 0 Å². The van der Waals surface area contributed by atoms with E-state index < -0.39 is 0 Å². The SMILES string of the molecule is CCNCC(Cc1nnn(C)n1)Cc1ccccc1Br. The molecular formula is C14H20BrN5. The summed E-state index contributed by atoms with van der Waals surface area (Å²) in [5, 5.41) is 15.7. The highest BCUT2D eigenvalue weighted by Crippen LogP contribution is 2.20. The molecule has 1 heterocycles. The van der Waals surface area contributed by atoms with E-state index in [0.29, 0.717) is 5.92 Å². The van der Waals surface area contributed by atoms with E-state index in [4.69, 9.17) is 0 Å². The van der Waals surface area contributed by atoms with Crippen molar-refractivity contribution in [3.05, 3.63) is 40.1 Å². The Hall–Kier alpha value is -1.27. The maximum absolute atomic E-state index is 4.28. The number of rotatable bonds is 7. The molecule has 2 rings (SSSR count). The molecule has 0 amide bonds. The first-order valence-electron chi connectivity index (χ1n) is 6.86. The van der Waals surface area contributed by atoms with Crippen molar-refractivity contribution in [3.8, 4) is 0 Å². The van der Waals surface area contributed by atoms with Crippen molar-refractivity contribution in [2.75, 3.05) is 13.1 Å². The highest BCUT2D eigenvalue weighted by atomic mass is 79.9. The fraction of sp³-hybridized carbons (Fsp3) is 0.500. The molecule has 2 aromatic rings. The predicted molar refractivity (Wildman–Crippen MR) is 82.4 cm³/mol. The number of hydrogen-bond donors (Lipinski definition) is 1. The molecule has 1 atom stereocenters. The summed E-state index contributed by atoms with van der Waals surface area (Å²) in [7, 11) is 1.80. The Kier molecular flexibility index (Phi) is 5.67. The molecule has 1 unspecified atom stereocenters. The lowest BCUT2D eigenvalue weighted by molar-refractivity contribution is 0.467. The maximum atomic E-state index is 4.28. The number of aromatic nitrogens is 4. The molecule has 1 aromatic heterocycles. The summed E-state index contributed by atoms with van der Waals surface area (Å²) in [6, 6.07) is 8.36. The minimum absolute atomic E-state index is 0.456. The third kappa shape index (κ3) is 4.38. The summed E-state index contributed by atoms with van der Waals surface area (Å²) in [5.74, 6) is 1.26. The van der Waals surface area contributed by atoms with Gasteiger partial charge in [0.1, 0.15) is 0 Å². The van der Waals surface area contributed by atoms with Crippen molar-refractivity contribution in [2.45, 2.75) is 19.8 Å². The Labute approximate surface area is 127 Å². The minimum Gasteiger partial charge on any atom is -0.317 e. The zero-order valence-electron chi connectivity index (χ0n) is 11.9. The lowest BCUT2D eigenvalue weighted by Crippen LogP contribution is -2.26. The zero-order chi connectivity index (χ0) is 14.4. The van der Waals surface area contributed by atoms with Gasteiger partial charge in [-0.3, -0.25) is 0 Å². The lowest BCUT2D eigenvalue weighted by atomic mass is 9.96. The normalized spacial score (nSPS) is 12.6. The third-order valence-corrected chi connectivity index (χ3v) is 3.94. The van der Waals surface area contributed by atoms with Crippen LogP contribution in [0.4, 0.5) is 0 Å². The molecule has 6 heteroatoms. The first-order chi connectivity index (χ1) is 9.69. The van der Waals surface area contributed by atoms with E-state index in [1.165, 1.54) is 10.4 Å². The smallest absolute Gasteiger partial charge is 0.175 e. The van der Waals surface area contributed by atoms with Gasteiger partial charge >= 0.3 is 0 Å². The molecule has 5 nitrogen and oxygen atoms in total. The number of benzene rings is 1. The molecule has 0 saturated carbocycles. The summed E-state index contributed by atoms with van der Waals surface area (Å²) in [4.78, 5) is 1.51. The summed E-state index contributed by atoms with van der Waals surface area (Å²) in [5.41, 5.74) is 1.32. The summed E-state index contributed by atoms with van der Waals surface area (Å²) < 4.78 is 1.16. The van der Waals surface area contributed by atoms with Crippen LogP contribution >= 0.6 is 15.9 Å². The molecule has 0 fully saturated rings. The monoisotopic (exact) mass is 337 g/mol. The van der Waals surface area contributed by atoms with Crippen molar-refractivity contribution in [1.82, 2.24) is 25.5 Å². The van der Waals surface area contributed by atoms with Gasteiger partial charge in [0.15, 0.2) is 5.82 Å². The van der Waals surface area contributed by atoms with Gasteiger partial charge in [0.05, 0.1) is 7.05 Å². The molecule has 0 aliphatic carbocycles. The van der Waals surface area contributed by atoms with Gasteiger partial charge in [-0.2, -0.15) is 4.80 Å². The fourth-order valence-electron chi connectivity index (χ4n) is 2.20. The summed E-state index contributed by atoms with van der Waals surface area (Å²) >= 11 is 3.61. The van der Waals surface area contributed by atoms with Crippen molar-refractivity contribution >= 4 is 15.9 Å². The molecule has 1 N–H and O–H groups in total. The van der Waals surface area contributed by atoms with Crippen molar-refractivity contribution in [1.29, 1.82) is 0 Å². The molecular weight excluding hydrogens is 318 g/mol. The van der Waals surface area contributed by atoms with Crippen LogP contribution in [-0.2, 0) is 19.9 Å². The van der Waals surface area contributed by atoms with Crippen LogP contribution in [0.15, 0.2) is 28.7 Å². The molecule has 0 aliphatic heterocycles. The second kappa shape index (κ2) is 7.50. The first kappa shape index (κ1) is 15.1. The van der Waals surface area contributed by atoms with E-state index in [2.05, 4.69) is 61.8 Å².